The number of hydrogen-bond acceptors (Lipinski definition) is 5. The van der Waals surface area contributed by atoms with Crippen LogP contribution in [0.15, 0.2) is 35.3 Å². The molecular formula is C16H14FN3O5. The number of aromatic nitrogens is 1. The van der Waals surface area contributed by atoms with Gasteiger partial charge in [-0.2, -0.15) is 0 Å². The van der Waals surface area contributed by atoms with Gasteiger partial charge in [0, 0.05) is 19.8 Å². The lowest BCUT2D eigenvalue weighted by molar-refractivity contribution is 0.0661. The van der Waals surface area contributed by atoms with Gasteiger partial charge >= 0.3 is 5.97 Å². The first-order valence-corrected chi connectivity index (χ1v) is 7.26. The third kappa shape index (κ3) is 2.80. The lowest BCUT2D eigenvalue weighted by atomic mass is 10.1. The van der Waals surface area contributed by atoms with E-state index in [0.717, 1.165) is 10.9 Å². The zero-order valence-electron chi connectivity index (χ0n) is 13.1. The summed E-state index contributed by atoms with van der Waals surface area (Å²) in [5.41, 5.74) is -1.40. The van der Waals surface area contributed by atoms with Crippen LogP contribution in [-0.2, 0) is 6.54 Å². The maximum atomic E-state index is 13.0. The quantitative estimate of drug-likeness (QED) is 0.842. The van der Waals surface area contributed by atoms with Crippen molar-refractivity contribution in [1.29, 1.82) is 0 Å². The molecule has 2 heterocycles. The molecule has 0 spiro atoms. The predicted molar refractivity (Wildman–Crippen MR) is 84.6 cm³/mol. The van der Waals surface area contributed by atoms with Crippen molar-refractivity contribution in [2.75, 3.05) is 18.7 Å². The molecule has 8 nitrogen and oxygen atoms in total. The Bertz CT molecular complexity index is 923. The standard InChI is InChI=1S/C16H14FN3O5/c1-18-8-19(6-9-2-4-10(17)5-3-9)15(23)12-14(22)13(21)11(16(24)25)7-20(12)18/h2-5,7,22H,6,8H2,1H3,(H,24,25). The van der Waals surface area contributed by atoms with Crippen molar-refractivity contribution in [1.82, 2.24) is 9.58 Å². The van der Waals surface area contributed by atoms with Gasteiger partial charge < -0.3 is 15.1 Å². The molecule has 1 aliphatic heterocycles. The van der Waals surface area contributed by atoms with Gasteiger partial charge in [-0.05, 0) is 17.7 Å². The molecule has 0 aliphatic carbocycles. The molecule has 0 fully saturated rings. The van der Waals surface area contributed by atoms with E-state index >= 15 is 0 Å². The van der Waals surface area contributed by atoms with Gasteiger partial charge in [0.1, 0.15) is 18.0 Å². The molecule has 130 valence electrons. The highest BCUT2D eigenvalue weighted by molar-refractivity contribution is 5.97. The highest BCUT2D eigenvalue weighted by Crippen LogP contribution is 2.22. The van der Waals surface area contributed by atoms with Crippen molar-refractivity contribution < 1.29 is 24.2 Å². The number of carboxylic acid groups (broad SMARTS) is 1. The number of carboxylic acids is 1. The van der Waals surface area contributed by atoms with Gasteiger partial charge in [0.15, 0.2) is 11.4 Å². The van der Waals surface area contributed by atoms with Crippen LogP contribution in [-0.4, -0.2) is 45.4 Å². The molecular weight excluding hydrogens is 333 g/mol. The number of carbonyl (C=O) groups is 2. The summed E-state index contributed by atoms with van der Waals surface area (Å²) in [6.45, 7) is 0.225. The molecule has 1 aromatic carbocycles. The second-order valence-corrected chi connectivity index (χ2v) is 5.65. The Kier molecular flexibility index (Phi) is 3.91. The maximum Gasteiger partial charge on any atom is 0.341 e. The largest absolute Gasteiger partial charge is 0.502 e. The highest BCUT2D eigenvalue weighted by Gasteiger charge is 2.33. The van der Waals surface area contributed by atoms with Crippen molar-refractivity contribution in [2.45, 2.75) is 6.54 Å². The number of rotatable bonds is 3. The molecule has 0 atom stereocenters. The number of hydrogen-bond donors (Lipinski definition) is 2. The van der Waals surface area contributed by atoms with E-state index in [1.165, 1.54) is 34.2 Å². The second-order valence-electron chi connectivity index (χ2n) is 5.65. The first kappa shape index (κ1) is 16.5. The van der Waals surface area contributed by atoms with Gasteiger partial charge in [0.05, 0.1) is 0 Å². The molecule has 9 heteroatoms. The minimum Gasteiger partial charge on any atom is -0.502 e. The summed E-state index contributed by atoms with van der Waals surface area (Å²) >= 11 is 0. The number of aromatic carboxylic acids is 1. The maximum absolute atomic E-state index is 13.0. The summed E-state index contributed by atoms with van der Waals surface area (Å²) in [6, 6.07) is 5.58. The van der Waals surface area contributed by atoms with Crippen LogP contribution in [0.5, 0.6) is 5.75 Å². The normalized spacial score (nSPS) is 13.8. The van der Waals surface area contributed by atoms with E-state index in [2.05, 4.69) is 0 Å². The summed E-state index contributed by atoms with van der Waals surface area (Å²) in [4.78, 5) is 37.1. The van der Waals surface area contributed by atoms with Gasteiger partial charge in [-0.1, -0.05) is 12.1 Å². The SMILES string of the molecule is CN1CN(Cc2ccc(F)cc2)C(=O)c2c(O)c(=O)c(C(=O)O)cn21. The van der Waals surface area contributed by atoms with Crippen LogP contribution in [0.4, 0.5) is 4.39 Å². The number of benzene rings is 1. The Hall–Kier alpha value is -3.36. The van der Waals surface area contributed by atoms with E-state index in [1.807, 2.05) is 0 Å². The zero-order chi connectivity index (χ0) is 18.3. The van der Waals surface area contributed by atoms with Crippen molar-refractivity contribution >= 4 is 11.9 Å². The lowest BCUT2D eigenvalue weighted by Crippen LogP contribution is -2.52. The number of halogens is 1. The molecule has 25 heavy (non-hydrogen) atoms. The first-order chi connectivity index (χ1) is 11.8. The van der Waals surface area contributed by atoms with Crippen LogP contribution in [0.3, 0.4) is 0 Å². The van der Waals surface area contributed by atoms with E-state index < -0.39 is 34.4 Å². The van der Waals surface area contributed by atoms with Crippen LogP contribution in [0.1, 0.15) is 26.4 Å². The molecule has 0 radical (unpaired) electrons. The third-order valence-corrected chi connectivity index (χ3v) is 3.91. The summed E-state index contributed by atoms with van der Waals surface area (Å²) in [6.07, 6.45) is 1.01. The van der Waals surface area contributed by atoms with Gasteiger partial charge in [0.2, 0.25) is 5.43 Å². The number of aromatic hydroxyl groups is 1. The van der Waals surface area contributed by atoms with Gasteiger partial charge in [0.25, 0.3) is 5.91 Å². The molecule has 1 aromatic heterocycles. The number of carbonyl (C=O) groups excluding carboxylic acids is 1. The van der Waals surface area contributed by atoms with Gasteiger partial charge in [-0.25, -0.2) is 9.18 Å². The number of amides is 1. The monoisotopic (exact) mass is 347 g/mol. The van der Waals surface area contributed by atoms with Crippen molar-refractivity contribution in [3.8, 4) is 5.75 Å². The van der Waals surface area contributed by atoms with Crippen LogP contribution < -0.4 is 10.4 Å². The predicted octanol–water partition coefficient (Wildman–Crippen LogP) is 0.573. The second kappa shape index (κ2) is 5.93. The molecule has 0 bridgehead atoms. The number of fused-ring (bicyclic) bond motifs is 1. The first-order valence-electron chi connectivity index (χ1n) is 7.26. The molecule has 2 aromatic rings. The van der Waals surface area contributed by atoms with Crippen molar-refractivity contribution in [2.24, 2.45) is 0 Å². The van der Waals surface area contributed by atoms with Crippen molar-refractivity contribution in [3.05, 3.63) is 63.3 Å². The van der Waals surface area contributed by atoms with Gasteiger partial charge in [-0.15, -0.1) is 0 Å². The van der Waals surface area contributed by atoms with E-state index in [-0.39, 0.29) is 18.9 Å². The Morgan fingerprint density at radius 3 is 2.48 bits per heavy atom. The Morgan fingerprint density at radius 2 is 1.88 bits per heavy atom. The van der Waals surface area contributed by atoms with E-state index in [0.29, 0.717) is 5.56 Å². The zero-order valence-corrected chi connectivity index (χ0v) is 13.1. The van der Waals surface area contributed by atoms with Crippen LogP contribution in [0, 0.1) is 5.82 Å². The summed E-state index contributed by atoms with van der Waals surface area (Å²) < 4.78 is 14.1. The van der Waals surface area contributed by atoms with Crippen molar-refractivity contribution in [3.63, 3.8) is 0 Å². The average Bonchev–Trinajstić information content (AvgIpc) is 2.56. The van der Waals surface area contributed by atoms with Crippen LogP contribution in [0.2, 0.25) is 0 Å². The molecule has 1 aliphatic rings. The Labute approximate surface area is 140 Å². The summed E-state index contributed by atoms with van der Waals surface area (Å²) in [5.74, 6) is -3.44. The van der Waals surface area contributed by atoms with Crippen LogP contribution in [0.25, 0.3) is 0 Å². The molecule has 0 saturated heterocycles. The lowest BCUT2D eigenvalue weighted by Gasteiger charge is -2.37. The molecule has 2 N–H and O–H groups in total. The number of nitrogens with zero attached hydrogens (tertiary/aromatic N) is 3. The molecule has 3 rings (SSSR count). The van der Waals surface area contributed by atoms with Gasteiger partial charge in [-0.3, -0.25) is 19.3 Å². The molecule has 0 unspecified atom stereocenters. The Balaban J connectivity index is 2.02. The smallest absolute Gasteiger partial charge is 0.341 e. The van der Waals surface area contributed by atoms with E-state index in [1.54, 1.807) is 7.05 Å². The molecule has 0 saturated carbocycles. The minimum absolute atomic E-state index is 0.0879. The Morgan fingerprint density at radius 1 is 1.24 bits per heavy atom. The van der Waals surface area contributed by atoms with Crippen LogP contribution >= 0.6 is 0 Å². The fourth-order valence-electron chi connectivity index (χ4n) is 2.67. The summed E-state index contributed by atoms with van der Waals surface area (Å²) in [5, 5.41) is 20.6. The third-order valence-electron chi connectivity index (χ3n) is 3.91. The summed E-state index contributed by atoms with van der Waals surface area (Å²) in [7, 11) is 1.57. The van der Waals surface area contributed by atoms with E-state index in [9.17, 15) is 23.9 Å². The fraction of sp³-hybridized carbons (Fsp3) is 0.188. The number of pyridine rings is 1. The minimum atomic E-state index is -1.50. The van der Waals surface area contributed by atoms with E-state index in [4.69, 9.17) is 5.11 Å². The average molecular weight is 347 g/mol. The molecule has 1 amide bonds. The highest BCUT2D eigenvalue weighted by atomic mass is 19.1. The fourth-order valence-corrected chi connectivity index (χ4v) is 2.67. The topological polar surface area (TPSA) is 103 Å².